The molecule has 0 aliphatic carbocycles. The third-order valence-corrected chi connectivity index (χ3v) is 3.78. The molecule has 0 heteroatoms. The molecule has 0 unspecified atom stereocenters. The molecule has 21 heavy (non-hydrogen) atoms. The Kier molecular flexibility index (Phi) is 3.70. The van der Waals surface area contributed by atoms with Crippen LogP contribution in [0.15, 0.2) is 85.4 Å². The maximum atomic E-state index is 4.26. The van der Waals surface area contributed by atoms with E-state index >= 15 is 0 Å². The Bertz CT molecular complexity index is 753. The molecule has 0 aromatic heterocycles. The first-order chi connectivity index (χ1) is 10.3. The predicted octanol–water partition coefficient (Wildman–Crippen LogP) is 5.72. The van der Waals surface area contributed by atoms with Crippen molar-refractivity contribution in [1.29, 1.82) is 0 Å². The zero-order valence-corrected chi connectivity index (χ0v) is 12.2. The van der Waals surface area contributed by atoms with E-state index in [9.17, 15) is 0 Å². The van der Waals surface area contributed by atoms with E-state index in [0.717, 1.165) is 5.57 Å². The third kappa shape index (κ3) is 2.80. The van der Waals surface area contributed by atoms with Crippen LogP contribution >= 0.6 is 0 Å². The summed E-state index contributed by atoms with van der Waals surface area (Å²) in [6, 6.07) is 27.4. The van der Waals surface area contributed by atoms with Crippen molar-refractivity contribution in [3.8, 4) is 11.1 Å². The fourth-order valence-electron chi connectivity index (χ4n) is 2.61. The van der Waals surface area contributed by atoms with Gasteiger partial charge in [-0.15, -0.1) is 0 Å². The van der Waals surface area contributed by atoms with Crippen molar-refractivity contribution in [3.63, 3.8) is 0 Å². The summed E-state index contributed by atoms with van der Waals surface area (Å²) in [4.78, 5) is 0. The quantitative estimate of drug-likeness (QED) is 0.570. The van der Waals surface area contributed by atoms with Crippen LogP contribution in [-0.4, -0.2) is 0 Å². The van der Waals surface area contributed by atoms with Gasteiger partial charge in [0, 0.05) is 0 Å². The number of rotatable bonds is 3. The van der Waals surface area contributed by atoms with E-state index in [-0.39, 0.29) is 0 Å². The van der Waals surface area contributed by atoms with Crippen LogP contribution in [0.3, 0.4) is 0 Å². The highest BCUT2D eigenvalue weighted by Gasteiger charge is 2.06. The average molecular weight is 270 g/mol. The van der Waals surface area contributed by atoms with Crippen molar-refractivity contribution in [2.45, 2.75) is 6.92 Å². The lowest BCUT2D eigenvalue weighted by molar-refractivity contribution is 1.41. The molecule has 0 N–H and O–H groups in total. The van der Waals surface area contributed by atoms with E-state index < -0.39 is 0 Å². The van der Waals surface area contributed by atoms with Gasteiger partial charge in [-0.05, 0) is 40.3 Å². The lowest BCUT2D eigenvalue weighted by Crippen LogP contribution is -1.91. The van der Waals surface area contributed by atoms with Crippen LogP contribution < -0.4 is 0 Å². The predicted molar refractivity (Wildman–Crippen MR) is 91.2 cm³/mol. The maximum absolute atomic E-state index is 4.26. The second kappa shape index (κ2) is 5.80. The average Bonchev–Trinajstić information content (AvgIpc) is 2.56. The van der Waals surface area contributed by atoms with Crippen molar-refractivity contribution < 1.29 is 0 Å². The zero-order chi connectivity index (χ0) is 14.7. The SMILES string of the molecule is C=C(c1ccccc1)c1ccc(-c2ccccc2)cc1C. The lowest BCUT2D eigenvalue weighted by Gasteiger charge is -2.12. The van der Waals surface area contributed by atoms with Gasteiger partial charge < -0.3 is 0 Å². The molecular formula is C21H18. The molecule has 0 aliphatic rings. The Morgan fingerprint density at radius 1 is 0.714 bits per heavy atom. The summed E-state index contributed by atoms with van der Waals surface area (Å²) in [5.74, 6) is 0. The van der Waals surface area contributed by atoms with Crippen molar-refractivity contribution in [1.82, 2.24) is 0 Å². The molecule has 0 nitrogen and oxygen atoms in total. The Morgan fingerprint density at radius 2 is 1.33 bits per heavy atom. The van der Waals surface area contributed by atoms with Gasteiger partial charge in [0.15, 0.2) is 0 Å². The fraction of sp³-hybridized carbons (Fsp3) is 0.0476. The molecule has 0 atom stereocenters. The van der Waals surface area contributed by atoms with Crippen LogP contribution in [0.4, 0.5) is 0 Å². The van der Waals surface area contributed by atoms with Gasteiger partial charge in [-0.1, -0.05) is 85.4 Å². The van der Waals surface area contributed by atoms with Gasteiger partial charge in [0.2, 0.25) is 0 Å². The summed E-state index contributed by atoms with van der Waals surface area (Å²) in [5, 5.41) is 0. The highest BCUT2D eigenvalue weighted by molar-refractivity contribution is 5.81. The Morgan fingerprint density at radius 3 is 1.95 bits per heavy atom. The molecule has 0 aliphatic heterocycles. The van der Waals surface area contributed by atoms with Gasteiger partial charge in [0.1, 0.15) is 0 Å². The van der Waals surface area contributed by atoms with Crippen molar-refractivity contribution in [3.05, 3.63) is 102 Å². The minimum atomic E-state index is 1.08. The largest absolute Gasteiger partial charge is 0.0905 e. The van der Waals surface area contributed by atoms with E-state index in [1.165, 1.54) is 27.8 Å². The van der Waals surface area contributed by atoms with Crippen LogP contribution in [0.25, 0.3) is 16.7 Å². The summed E-state index contributed by atoms with van der Waals surface area (Å²) in [7, 11) is 0. The molecular weight excluding hydrogens is 252 g/mol. The van der Waals surface area contributed by atoms with E-state index in [0.29, 0.717) is 0 Å². The van der Waals surface area contributed by atoms with Gasteiger partial charge in [0.05, 0.1) is 0 Å². The molecule has 0 saturated heterocycles. The van der Waals surface area contributed by atoms with Crippen molar-refractivity contribution in [2.24, 2.45) is 0 Å². The van der Waals surface area contributed by atoms with Gasteiger partial charge in [0.25, 0.3) is 0 Å². The van der Waals surface area contributed by atoms with Crippen LogP contribution in [0.1, 0.15) is 16.7 Å². The highest BCUT2D eigenvalue weighted by Crippen LogP contribution is 2.28. The number of aryl methyl sites for hydroxylation is 1. The van der Waals surface area contributed by atoms with Crippen molar-refractivity contribution >= 4 is 5.57 Å². The third-order valence-electron chi connectivity index (χ3n) is 3.78. The summed E-state index contributed by atoms with van der Waals surface area (Å²) < 4.78 is 0. The van der Waals surface area contributed by atoms with Gasteiger partial charge >= 0.3 is 0 Å². The van der Waals surface area contributed by atoms with E-state index in [4.69, 9.17) is 0 Å². The molecule has 0 spiro atoms. The van der Waals surface area contributed by atoms with E-state index in [1.54, 1.807) is 0 Å². The van der Waals surface area contributed by atoms with Crippen LogP contribution in [0, 0.1) is 6.92 Å². The topological polar surface area (TPSA) is 0 Å². The van der Waals surface area contributed by atoms with E-state index in [2.05, 4.69) is 68.1 Å². The molecule has 0 bridgehead atoms. The summed E-state index contributed by atoms with van der Waals surface area (Å²) in [6.07, 6.45) is 0. The smallest absolute Gasteiger partial charge is 0.0154 e. The normalized spacial score (nSPS) is 10.3. The molecule has 3 aromatic carbocycles. The van der Waals surface area contributed by atoms with Crippen molar-refractivity contribution in [2.75, 3.05) is 0 Å². The molecule has 0 saturated carbocycles. The lowest BCUT2D eigenvalue weighted by atomic mass is 9.93. The summed E-state index contributed by atoms with van der Waals surface area (Å²) in [6.45, 7) is 6.41. The van der Waals surface area contributed by atoms with Gasteiger partial charge in [-0.3, -0.25) is 0 Å². The molecule has 0 radical (unpaired) electrons. The first-order valence-electron chi connectivity index (χ1n) is 7.16. The summed E-state index contributed by atoms with van der Waals surface area (Å²) >= 11 is 0. The van der Waals surface area contributed by atoms with Gasteiger partial charge in [-0.25, -0.2) is 0 Å². The second-order valence-corrected chi connectivity index (χ2v) is 5.24. The van der Waals surface area contributed by atoms with E-state index in [1.807, 2.05) is 24.3 Å². The number of benzene rings is 3. The van der Waals surface area contributed by atoms with Gasteiger partial charge in [-0.2, -0.15) is 0 Å². The Hall–Kier alpha value is -2.60. The molecule has 3 aromatic rings. The van der Waals surface area contributed by atoms with Crippen LogP contribution in [0.2, 0.25) is 0 Å². The monoisotopic (exact) mass is 270 g/mol. The Labute approximate surface area is 126 Å². The van der Waals surface area contributed by atoms with Crippen LogP contribution in [0.5, 0.6) is 0 Å². The fourth-order valence-corrected chi connectivity index (χ4v) is 2.61. The minimum Gasteiger partial charge on any atom is -0.0905 e. The first-order valence-corrected chi connectivity index (χ1v) is 7.16. The Balaban J connectivity index is 1.98. The minimum absolute atomic E-state index is 1.08. The second-order valence-electron chi connectivity index (χ2n) is 5.24. The standard InChI is InChI=1S/C21H18/c1-16-15-20(19-11-7-4-8-12-19)13-14-21(16)17(2)18-9-5-3-6-10-18/h3-15H,2H2,1H3. The zero-order valence-electron chi connectivity index (χ0n) is 12.2. The number of hydrogen-bond donors (Lipinski definition) is 0. The molecule has 102 valence electrons. The summed E-state index contributed by atoms with van der Waals surface area (Å²) in [5.41, 5.74) is 7.21. The highest BCUT2D eigenvalue weighted by atomic mass is 14.1. The molecule has 0 amide bonds. The molecule has 3 rings (SSSR count). The maximum Gasteiger partial charge on any atom is -0.0154 e. The van der Waals surface area contributed by atoms with Crippen LogP contribution in [-0.2, 0) is 0 Å². The first kappa shape index (κ1) is 13.4. The number of hydrogen-bond acceptors (Lipinski definition) is 0. The molecule has 0 heterocycles. The molecule has 0 fully saturated rings.